The van der Waals surface area contributed by atoms with Gasteiger partial charge in [0.1, 0.15) is 0 Å². The van der Waals surface area contributed by atoms with Crippen LogP contribution in [0.3, 0.4) is 0 Å². The van der Waals surface area contributed by atoms with Crippen LogP contribution in [0.15, 0.2) is 0 Å². The second kappa shape index (κ2) is 1.23. The zero-order valence-electron chi connectivity index (χ0n) is 3.98. The Morgan fingerprint density at radius 1 is 1.83 bits per heavy atom. The molecular formula is C5H9O. The van der Waals surface area contributed by atoms with Gasteiger partial charge in [0, 0.05) is 0 Å². The fourth-order valence-electron chi connectivity index (χ4n) is 0.649. The Kier molecular flexibility index (Phi) is 0.845. The van der Waals surface area contributed by atoms with Crippen molar-refractivity contribution >= 4 is 0 Å². The first-order valence-corrected chi connectivity index (χ1v) is 2.50. The van der Waals surface area contributed by atoms with Crippen molar-refractivity contribution in [3.63, 3.8) is 0 Å². The van der Waals surface area contributed by atoms with Crippen molar-refractivity contribution in [1.82, 2.24) is 0 Å². The van der Waals surface area contributed by atoms with Gasteiger partial charge in [-0.3, -0.25) is 0 Å². The molecule has 1 aliphatic carbocycles. The quantitative estimate of drug-likeness (QED) is 0.456. The van der Waals surface area contributed by atoms with E-state index in [0.29, 0.717) is 5.92 Å². The van der Waals surface area contributed by atoms with Crippen LogP contribution in [0.1, 0.15) is 19.8 Å². The summed E-state index contributed by atoms with van der Waals surface area (Å²) in [5.74, 6) is 0.546. The summed E-state index contributed by atoms with van der Waals surface area (Å²) in [7, 11) is 0. The maximum atomic E-state index is 10.2. The summed E-state index contributed by atoms with van der Waals surface area (Å²) in [5.41, 5.74) is 0. The topological polar surface area (TPSA) is 19.9 Å². The molecule has 1 nitrogen and oxygen atoms in total. The van der Waals surface area contributed by atoms with E-state index < -0.39 is 0 Å². The highest BCUT2D eigenvalue weighted by atomic mass is 16.3. The summed E-state index contributed by atoms with van der Waals surface area (Å²) >= 11 is 0. The van der Waals surface area contributed by atoms with E-state index in [0.717, 1.165) is 12.8 Å². The monoisotopic (exact) mass is 85.1 g/mol. The van der Waals surface area contributed by atoms with Crippen LogP contribution in [0.5, 0.6) is 0 Å². The van der Waals surface area contributed by atoms with E-state index >= 15 is 0 Å². The van der Waals surface area contributed by atoms with Crippen molar-refractivity contribution in [2.24, 2.45) is 5.92 Å². The van der Waals surface area contributed by atoms with Crippen LogP contribution in [0.4, 0.5) is 0 Å². The van der Waals surface area contributed by atoms with Gasteiger partial charge >= 0.3 is 0 Å². The minimum atomic E-state index is -0.185. The fourth-order valence-corrected chi connectivity index (χ4v) is 0.649. The lowest BCUT2D eigenvalue weighted by molar-refractivity contribution is 0.160. The summed E-state index contributed by atoms with van der Waals surface area (Å²) in [6.45, 7) is 2.07. The minimum absolute atomic E-state index is 0.185. The second-order valence-corrected chi connectivity index (χ2v) is 1.94. The average molecular weight is 85.1 g/mol. The predicted octanol–water partition coefficient (Wildman–Crippen LogP) is 1.22. The largest absolute Gasteiger partial charge is 0.233 e. The molecule has 0 aromatic carbocycles. The maximum Gasteiger partial charge on any atom is 0.0962 e. The summed E-state index contributed by atoms with van der Waals surface area (Å²) in [4.78, 5) is 0. The average Bonchev–Trinajstić information content (AvgIpc) is 2.19. The van der Waals surface area contributed by atoms with Crippen LogP contribution in [0, 0.1) is 5.92 Å². The van der Waals surface area contributed by atoms with Crippen LogP contribution >= 0.6 is 0 Å². The molecule has 0 amide bonds. The zero-order chi connectivity index (χ0) is 4.57. The van der Waals surface area contributed by atoms with Crippen molar-refractivity contribution in [3.8, 4) is 0 Å². The van der Waals surface area contributed by atoms with Crippen molar-refractivity contribution in [3.05, 3.63) is 0 Å². The van der Waals surface area contributed by atoms with E-state index in [1.165, 1.54) is 0 Å². The molecule has 0 aromatic heterocycles. The molecule has 2 unspecified atom stereocenters. The molecule has 2 atom stereocenters. The molecule has 0 N–H and O–H groups in total. The third kappa shape index (κ3) is 0.548. The molecular weight excluding hydrogens is 76.1 g/mol. The molecule has 35 valence electrons. The molecule has 6 heavy (non-hydrogen) atoms. The van der Waals surface area contributed by atoms with E-state index in [-0.39, 0.29) is 6.10 Å². The fraction of sp³-hybridized carbons (Fsp3) is 1.00. The lowest BCUT2D eigenvalue weighted by atomic mass is 10.3. The molecule has 0 aliphatic heterocycles. The second-order valence-electron chi connectivity index (χ2n) is 1.94. The van der Waals surface area contributed by atoms with Gasteiger partial charge in [-0.15, -0.1) is 0 Å². The molecule has 1 fully saturated rings. The maximum absolute atomic E-state index is 10.2. The first-order valence-electron chi connectivity index (χ1n) is 2.50. The summed E-state index contributed by atoms with van der Waals surface area (Å²) in [5, 5.41) is 10.2. The Bertz CT molecular complexity index is 49.9. The minimum Gasteiger partial charge on any atom is -0.233 e. The molecule has 1 heteroatoms. The van der Waals surface area contributed by atoms with E-state index in [4.69, 9.17) is 0 Å². The highest BCUT2D eigenvalue weighted by molar-refractivity contribution is 4.83. The van der Waals surface area contributed by atoms with E-state index in [2.05, 4.69) is 6.92 Å². The van der Waals surface area contributed by atoms with Gasteiger partial charge in [0.15, 0.2) is 0 Å². The number of hydrogen-bond donors (Lipinski definition) is 0. The number of rotatable bonds is 1. The number of hydrogen-bond acceptors (Lipinski definition) is 0. The van der Waals surface area contributed by atoms with Gasteiger partial charge in [-0.2, -0.15) is 0 Å². The summed E-state index contributed by atoms with van der Waals surface area (Å²) < 4.78 is 0. The van der Waals surface area contributed by atoms with Crippen LogP contribution in [-0.2, 0) is 5.11 Å². The Balaban J connectivity index is 2.09. The molecule has 1 saturated carbocycles. The van der Waals surface area contributed by atoms with Gasteiger partial charge in [0.25, 0.3) is 0 Å². The van der Waals surface area contributed by atoms with E-state index in [1.807, 2.05) is 0 Å². The Labute approximate surface area is 38.0 Å². The SMILES string of the molecule is CCC1CC1[O]. The first kappa shape index (κ1) is 4.13. The molecule has 0 spiro atoms. The molecule has 0 heterocycles. The van der Waals surface area contributed by atoms with Gasteiger partial charge < -0.3 is 0 Å². The summed E-state index contributed by atoms with van der Waals surface area (Å²) in [6, 6.07) is 0. The van der Waals surface area contributed by atoms with Crippen molar-refractivity contribution in [2.45, 2.75) is 25.9 Å². The Morgan fingerprint density at radius 2 is 2.33 bits per heavy atom. The molecule has 1 rings (SSSR count). The Morgan fingerprint density at radius 3 is 2.33 bits per heavy atom. The summed E-state index contributed by atoms with van der Waals surface area (Å²) in [6.07, 6.45) is 1.85. The molecule has 0 saturated heterocycles. The molecule has 1 radical (unpaired) electrons. The van der Waals surface area contributed by atoms with Crippen LogP contribution in [0.2, 0.25) is 0 Å². The van der Waals surface area contributed by atoms with Crippen LogP contribution < -0.4 is 0 Å². The van der Waals surface area contributed by atoms with Crippen molar-refractivity contribution < 1.29 is 5.11 Å². The van der Waals surface area contributed by atoms with E-state index in [9.17, 15) is 5.11 Å². The van der Waals surface area contributed by atoms with Gasteiger partial charge in [-0.1, -0.05) is 13.3 Å². The van der Waals surface area contributed by atoms with Gasteiger partial charge in [0.05, 0.1) is 6.10 Å². The van der Waals surface area contributed by atoms with Crippen LogP contribution in [0.25, 0.3) is 0 Å². The van der Waals surface area contributed by atoms with E-state index in [1.54, 1.807) is 0 Å². The zero-order valence-corrected chi connectivity index (χ0v) is 3.98. The lowest BCUT2D eigenvalue weighted by Gasteiger charge is -1.76. The molecule has 1 aliphatic rings. The van der Waals surface area contributed by atoms with Gasteiger partial charge in [-0.05, 0) is 12.3 Å². The highest BCUT2D eigenvalue weighted by Crippen LogP contribution is 2.32. The highest BCUT2D eigenvalue weighted by Gasteiger charge is 2.34. The molecule has 0 bridgehead atoms. The third-order valence-electron chi connectivity index (χ3n) is 1.38. The van der Waals surface area contributed by atoms with Crippen molar-refractivity contribution in [1.29, 1.82) is 0 Å². The van der Waals surface area contributed by atoms with Crippen molar-refractivity contribution in [2.75, 3.05) is 0 Å². The molecule has 0 aromatic rings. The van der Waals surface area contributed by atoms with Gasteiger partial charge in [-0.25, -0.2) is 5.11 Å². The Hall–Kier alpha value is -0.0400. The van der Waals surface area contributed by atoms with Crippen LogP contribution in [-0.4, -0.2) is 6.10 Å². The van der Waals surface area contributed by atoms with Gasteiger partial charge in [0.2, 0.25) is 0 Å². The predicted molar refractivity (Wildman–Crippen MR) is 22.9 cm³/mol. The normalized spacial score (nSPS) is 43.0. The third-order valence-corrected chi connectivity index (χ3v) is 1.38. The standard InChI is InChI=1S/C5H9O/c1-2-4-3-5(4)6/h4-5H,2-3H2,1H3. The first-order chi connectivity index (χ1) is 2.84. The smallest absolute Gasteiger partial charge is 0.0962 e. The lowest BCUT2D eigenvalue weighted by Crippen LogP contribution is -1.77.